The third kappa shape index (κ3) is 7.00. The summed E-state index contributed by atoms with van der Waals surface area (Å²) < 4.78 is 7.72. The second kappa shape index (κ2) is 13.7. The van der Waals surface area contributed by atoms with E-state index in [0.29, 0.717) is 59.3 Å². The summed E-state index contributed by atoms with van der Waals surface area (Å²) in [6.07, 6.45) is 5.16. The zero-order chi connectivity index (χ0) is 35.8. The number of hydrogen-bond acceptors (Lipinski definition) is 7. The summed E-state index contributed by atoms with van der Waals surface area (Å²) in [6, 6.07) is 18.2. The summed E-state index contributed by atoms with van der Waals surface area (Å²) in [7, 11) is 1.78. The Kier molecular flexibility index (Phi) is 8.95. The van der Waals surface area contributed by atoms with Gasteiger partial charge in [0.2, 0.25) is 5.91 Å². The lowest BCUT2D eigenvalue weighted by Crippen LogP contribution is -2.35. The number of nitrogens with one attached hydrogen (secondary N) is 2. The van der Waals surface area contributed by atoms with Crippen molar-refractivity contribution in [2.45, 2.75) is 45.6 Å². The lowest BCUT2D eigenvalue weighted by atomic mass is 10.0. The molecule has 0 saturated carbocycles. The van der Waals surface area contributed by atoms with Crippen molar-refractivity contribution >= 4 is 52.0 Å². The first-order valence-corrected chi connectivity index (χ1v) is 16.9. The average Bonchev–Trinajstić information content (AvgIpc) is 3.79. The van der Waals surface area contributed by atoms with Gasteiger partial charge in [-0.2, -0.15) is 0 Å². The Morgan fingerprint density at radius 2 is 1.88 bits per heavy atom. The predicted octanol–water partition coefficient (Wildman–Crippen LogP) is 6.79. The van der Waals surface area contributed by atoms with E-state index in [4.69, 9.17) is 4.74 Å². The highest BCUT2D eigenvalue weighted by Gasteiger charge is 2.33. The molecule has 2 aromatic heterocycles. The molecule has 2 aliphatic heterocycles. The number of nitrogens with zero attached hydrogens (tertiary/aromatic N) is 4. The van der Waals surface area contributed by atoms with Crippen LogP contribution in [0.3, 0.4) is 0 Å². The van der Waals surface area contributed by atoms with Crippen LogP contribution in [0.5, 0.6) is 5.75 Å². The topological polar surface area (TPSA) is 139 Å². The fourth-order valence-corrected chi connectivity index (χ4v) is 6.59. The number of hydrogen-bond donors (Lipinski definition) is 2. The molecule has 0 spiro atoms. The molecule has 2 N–H and O–H groups in total. The number of imidazole rings is 1. The number of ketones is 2. The number of anilines is 1. The van der Waals surface area contributed by atoms with Crippen molar-refractivity contribution in [2.24, 2.45) is 12.0 Å². The molecule has 51 heavy (non-hydrogen) atoms. The lowest BCUT2D eigenvalue weighted by Gasteiger charge is -2.20. The second-order valence-corrected chi connectivity index (χ2v) is 13.3. The summed E-state index contributed by atoms with van der Waals surface area (Å²) >= 11 is 0. The van der Waals surface area contributed by atoms with Gasteiger partial charge in [0.25, 0.3) is 5.91 Å². The Hall–Kier alpha value is -6.10. The summed E-state index contributed by atoms with van der Waals surface area (Å²) in [5.74, 6) is 0.996. The molecule has 2 aliphatic rings. The van der Waals surface area contributed by atoms with Crippen molar-refractivity contribution in [3.8, 4) is 17.1 Å². The Bertz CT molecular complexity index is 2260. The minimum Gasteiger partial charge on any atom is -0.493 e. The van der Waals surface area contributed by atoms with E-state index in [1.54, 1.807) is 47.0 Å². The highest BCUT2D eigenvalue weighted by atomic mass is 16.5. The number of carbonyl (C=O) groups excluding carboxylic acids is 4. The molecule has 2 amide bonds. The number of fused-ring (bicyclic) bond motifs is 3. The number of aliphatic imine (C=N–C) groups is 1. The maximum Gasteiger partial charge on any atom is 0.256 e. The van der Waals surface area contributed by atoms with Gasteiger partial charge in [-0.1, -0.05) is 36.4 Å². The van der Waals surface area contributed by atoms with Crippen LogP contribution in [0.2, 0.25) is 0 Å². The van der Waals surface area contributed by atoms with Gasteiger partial charge >= 0.3 is 0 Å². The van der Waals surface area contributed by atoms with Gasteiger partial charge in [0.1, 0.15) is 11.6 Å². The Balaban J connectivity index is 0.904. The van der Waals surface area contributed by atoms with Crippen LogP contribution in [0.25, 0.3) is 22.4 Å². The number of carbonyl (C=O) groups is 4. The molecule has 258 valence electrons. The Labute approximate surface area is 295 Å². The predicted molar refractivity (Wildman–Crippen MR) is 196 cm³/mol. The Morgan fingerprint density at radius 3 is 2.67 bits per heavy atom. The first kappa shape index (κ1) is 33.4. The van der Waals surface area contributed by atoms with Crippen LogP contribution < -0.4 is 10.1 Å². The van der Waals surface area contributed by atoms with Gasteiger partial charge in [-0.3, -0.25) is 24.2 Å². The summed E-state index contributed by atoms with van der Waals surface area (Å²) in [5.41, 5.74) is 7.92. The molecular weight excluding hydrogens is 644 g/mol. The molecule has 11 nitrogen and oxygen atoms in total. The van der Waals surface area contributed by atoms with Gasteiger partial charge in [-0.15, -0.1) is 0 Å². The van der Waals surface area contributed by atoms with E-state index in [1.165, 1.54) is 6.92 Å². The van der Waals surface area contributed by atoms with E-state index >= 15 is 0 Å². The average molecular weight is 683 g/mol. The monoisotopic (exact) mass is 682 g/mol. The molecule has 1 atom stereocenters. The number of aromatic amines is 1. The number of aromatic nitrogens is 3. The van der Waals surface area contributed by atoms with Crippen LogP contribution >= 0.6 is 0 Å². The smallest absolute Gasteiger partial charge is 0.256 e. The van der Waals surface area contributed by atoms with Crippen molar-refractivity contribution in [1.29, 1.82) is 0 Å². The lowest BCUT2D eigenvalue weighted by molar-refractivity contribution is -0.116. The zero-order valence-electron chi connectivity index (χ0n) is 28.8. The van der Waals surface area contributed by atoms with Crippen molar-refractivity contribution < 1.29 is 23.9 Å². The fraction of sp³-hybridized carbons (Fsp3) is 0.250. The molecule has 4 heterocycles. The van der Waals surface area contributed by atoms with Gasteiger partial charge in [-0.05, 0) is 68.1 Å². The quantitative estimate of drug-likeness (QED) is 0.0894. The first-order valence-electron chi connectivity index (χ1n) is 16.9. The minimum atomic E-state index is -0.182. The summed E-state index contributed by atoms with van der Waals surface area (Å²) in [5, 5.41) is 2.89. The van der Waals surface area contributed by atoms with E-state index < -0.39 is 0 Å². The third-order valence-electron chi connectivity index (χ3n) is 9.32. The van der Waals surface area contributed by atoms with E-state index in [0.717, 1.165) is 39.7 Å². The van der Waals surface area contributed by atoms with Crippen LogP contribution in [0, 0.1) is 6.92 Å². The van der Waals surface area contributed by atoms with Crippen molar-refractivity contribution in [2.75, 3.05) is 18.5 Å². The molecule has 3 aromatic carbocycles. The standard InChI is InChI=1S/C40H38N6O5/c1-23-14-30-20-41-33-19-37(24(2)15-31(33)40(50)46(30)21-23)51-13-5-6-38(49)42-29-18-35(45(4)22-29)36(48)16-26-7-9-27(10-8-26)39-43-32-12-11-28(25(3)47)17-34(32)44-39/h7-12,15,17-20,22,30H,1,5-6,13-14,16,21H2,2-4H3,(H,42,49)(H,43,44). The molecular formula is C40H38N6O5. The molecule has 7 rings (SSSR count). The van der Waals surface area contributed by atoms with E-state index in [-0.39, 0.29) is 42.3 Å². The molecule has 1 saturated heterocycles. The van der Waals surface area contributed by atoms with Gasteiger partial charge < -0.3 is 24.5 Å². The maximum atomic E-state index is 13.2. The zero-order valence-corrected chi connectivity index (χ0v) is 28.8. The van der Waals surface area contributed by atoms with Crippen LogP contribution in [0.4, 0.5) is 11.4 Å². The summed E-state index contributed by atoms with van der Waals surface area (Å²) in [4.78, 5) is 65.2. The van der Waals surface area contributed by atoms with Gasteiger partial charge in [0.05, 0.1) is 46.3 Å². The van der Waals surface area contributed by atoms with Gasteiger partial charge in [0, 0.05) is 56.0 Å². The number of benzene rings is 3. The second-order valence-electron chi connectivity index (χ2n) is 13.3. The first-order chi connectivity index (χ1) is 24.5. The Morgan fingerprint density at radius 1 is 1.08 bits per heavy atom. The van der Waals surface area contributed by atoms with Gasteiger partial charge in [0.15, 0.2) is 11.6 Å². The number of Topliss-reactive ketones (excluding diaryl/α,β-unsaturated/α-hetero) is 2. The molecule has 1 fully saturated rings. The SMILES string of the molecule is C=C1CC2C=Nc3cc(OCCCC(=O)Nc4cc(C(=O)Cc5ccc(-c6nc7ccc(C(C)=O)cc7[nH]6)cc5)n(C)c4)c(C)cc3C(=O)N2C1. The van der Waals surface area contributed by atoms with Gasteiger partial charge in [-0.25, -0.2) is 4.98 Å². The third-order valence-corrected chi connectivity index (χ3v) is 9.32. The van der Waals surface area contributed by atoms with Crippen molar-refractivity contribution in [3.63, 3.8) is 0 Å². The number of aryl methyl sites for hydroxylation is 2. The van der Waals surface area contributed by atoms with Crippen LogP contribution in [-0.4, -0.2) is 68.2 Å². The van der Waals surface area contributed by atoms with Crippen molar-refractivity contribution in [1.82, 2.24) is 19.4 Å². The maximum absolute atomic E-state index is 13.2. The highest BCUT2D eigenvalue weighted by Crippen LogP contribution is 2.35. The number of H-pyrrole nitrogens is 1. The number of rotatable bonds is 11. The van der Waals surface area contributed by atoms with Crippen LogP contribution in [0.1, 0.15) is 68.5 Å². The molecule has 0 bridgehead atoms. The van der Waals surface area contributed by atoms with E-state index in [9.17, 15) is 19.2 Å². The van der Waals surface area contributed by atoms with E-state index in [1.807, 2.05) is 49.5 Å². The molecule has 11 heteroatoms. The normalized spacial score (nSPS) is 15.1. The van der Waals surface area contributed by atoms with Crippen molar-refractivity contribution in [3.05, 3.63) is 107 Å². The number of ether oxygens (including phenoxy) is 1. The number of amides is 2. The summed E-state index contributed by atoms with van der Waals surface area (Å²) in [6.45, 7) is 8.31. The fourth-order valence-electron chi connectivity index (χ4n) is 6.59. The molecule has 5 aromatic rings. The largest absolute Gasteiger partial charge is 0.493 e. The highest BCUT2D eigenvalue weighted by molar-refractivity contribution is 6.04. The molecule has 1 unspecified atom stereocenters. The molecule has 0 radical (unpaired) electrons. The van der Waals surface area contributed by atoms with Crippen LogP contribution in [-0.2, 0) is 18.3 Å². The minimum absolute atomic E-state index is 0.00574. The van der Waals surface area contributed by atoms with Crippen LogP contribution in [0.15, 0.2) is 84.0 Å². The van der Waals surface area contributed by atoms with E-state index in [2.05, 4.69) is 26.9 Å². The molecule has 0 aliphatic carbocycles.